The first-order valence-corrected chi connectivity index (χ1v) is 9.14. The number of carbonyl (C=O) groups is 2. The lowest BCUT2D eigenvalue weighted by Crippen LogP contribution is -3.15. The molecule has 0 unspecified atom stereocenters. The maximum Gasteiger partial charge on any atom is 0.275 e. The fourth-order valence-electron chi connectivity index (χ4n) is 2.57. The minimum Gasteiger partial charge on any atom is -0.484 e. The SMILES string of the molecule is CCCNC(=O)C[NH+]1CCN(C(=O)COc2ccc(Br)cc2)CC1. The van der Waals surface area contributed by atoms with E-state index in [0.717, 1.165) is 30.5 Å². The first-order valence-electron chi connectivity index (χ1n) is 8.35. The van der Waals surface area contributed by atoms with E-state index < -0.39 is 0 Å². The molecular weight excluding hydrogens is 374 g/mol. The minimum atomic E-state index is -0.00703. The molecular formula is C17H25BrN3O3+. The van der Waals surface area contributed by atoms with Crippen molar-refractivity contribution in [3.8, 4) is 5.75 Å². The maximum atomic E-state index is 12.2. The Kier molecular flexibility index (Phi) is 7.52. The van der Waals surface area contributed by atoms with Gasteiger partial charge in [0.25, 0.3) is 11.8 Å². The van der Waals surface area contributed by atoms with Gasteiger partial charge in [-0.05, 0) is 30.7 Å². The molecule has 0 radical (unpaired) electrons. The summed E-state index contributed by atoms with van der Waals surface area (Å²) < 4.78 is 6.50. The molecule has 132 valence electrons. The van der Waals surface area contributed by atoms with Gasteiger partial charge in [0, 0.05) is 11.0 Å². The zero-order valence-corrected chi connectivity index (χ0v) is 15.6. The highest BCUT2D eigenvalue weighted by molar-refractivity contribution is 9.10. The predicted molar refractivity (Wildman–Crippen MR) is 95.1 cm³/mol. The van der Waals surface area contributed by atoms with Crippen LogP contribution in [-0.4, -0.2) is 62.6 Å². The lowest BCUT2D eigenvalue weighted by molar-refractivity contribution is -0.896. The molecule has 0 saturated carbocycles. The van der Waals surface area contributed by atoms with Crippen LogP contribution in [0.3, 0.4) is 0 Å². The van der Waals surface area contributed by atoms with E-state index in [2.05, 4.69) is 21.2 Å². The van der Waals surface area contributed by atoms with Gasteiger partial charge in [0.15, 0.2) is 13.2 Å². The van der Waals surface area contributed by atoms with Gasteiger partial charge in [-0.15, -0.1) is 0 Å². The fourth-order valence-corrected chi connectivity index (χ4v) is 2.83. The number of benzene rings is 1. The first-order chi connectivity index (χ1) is 11.6. The second-order valence-corrected chi connectivity index (χ2v) is 6.82. The number of quaternary nitrogens is 1. The largest absolute Gasteiger partial charge is 0.484 e. The van der Waals surface area contributed by atoms with Crippen LogP contribution in [0.1, 0.15) is 13.3 Å². The molecule has 1 aromatic carbocycles. The van der Waals surface area contributed by atoms with Crippen molar-refractivity contribution >= 4 is 27.7 Å². The summed E-state index contributed by atoms with van der Waals surface area (Å²) in [5.74, 6) is 0.765. The highest BCUT2D eigenvalue weighted by atomic mass is 79.9. The van der Waals surface area contributed by atoms with E-state index in [0.29, 0.717) is 25.4 Å². The van der Waals surface area contributed by atoms with E-state index in [1.807, 2.05) is 36.1 Å². The predicted octanol–water partition coefficient (Wildman–Crippen LogP) is 0.0812. The summed E-state index contributed by atoms with van der Waals surface area (Å²) in [6, 6.07) is 7.42. The van der Waals surface area contributed by atoms with Crippen molar-refractivity contribution in [2.75, 3.05) is 45.9 Å². The number of amides is 2. The molecule has 1 heterocycles. The third-order valence-corrected chi connectivity index (χ3v) is 4.51. The summed E-state index contributed by atoms with van der Waals surface area (Å²) in [5, 5.41) is 2.89. The molecule has 24 heavy (non-hydrogen) atoms. The number of hydrogen-bond donors (Lipinski definition) is 2. The van der Waals surface area contributed by atoms with Crippen LogP contribution in [0.2, 0.25) is 0 Å². The number of nitrogens with one attached hydrogen (secondary N) is 2. The number of rotatable bonds is 7. The maximum absolute atomic E-state index is 12.2. The highest BCUT2D eigenvalue weighted by Gasteiger charge is 2.25. The lowest BCUT2D eigenvalue weighted by Gasteiger charge is -2.31. The van der Waals surface area contributed by atoms with Crippen LogP contribution < -0.4 is 15.0 Å². The number of halogens is 1. The van der Waals surface area contributed by atoms with Crippen LogP contribution in [0.5, 0.6) is 5.75 Å². The van der Waals surface area contributed by atoms with Gasteiger partial charge in [0.2, 0.25) is 0 Å². The van der Waals surface area contributed by atoms with Gasteiger partial charge in [-0.25, -0.2) is 0 Å². The summed E-state index contributed by atoms with van der Waals surface area (Å²) >= 11 is 3.36. The Morgan fingerprint density at radius 2 is 1.92 bits per heavy atom. The average Bonchev–Trinajstić information content (AvgIpc) is 2.60. The molecule has 2 amide bonds. The zero-order valence-electron chi connectivity index (χ0n) is 14.0. The minimum absolute atomic E-state index is 0.00703. The normalized spacial score (nSPS) is 15.2. The van der Waals surface area contributed by atoms with Gasteiger partial charge in [0.05, 0.1) is 26.2 Å². The van der Waals surface area contributed by atoms with E-state index in [1.165, 1.54) is 4.90 Å². The Balaban J connectivity index is 1.68. The van der Waals surface area contributed by atoms with Crippen molar-refractivity contribution in [3.63, 3.8) is 0 Å². The lowest BCUT2D eigenvalue weighted by atomic mass is 10.3. The van der Waals surface area contributed by atoms with E-state index in [4.69, 9.17) is 4.74 Å². The third-order valence-electron chi connectivity index (χ3n) is 3.98. The Bertz CT molecular complexity index is 543. The van der Waals surface area contributed by atoms with Crippen molar-refractivity contribution in [1.82, 2.24) is 10.2 Å². The monoisotopic (exact) mass is 398 g/mol. The molecule has 6 nitrogen and oxygen atoms in total. The Labute approximate surface area is 151 Å². The van der Waals surface area contributed by atoms with Crippen LogP contribution in [0.4, 0.5) is 0 Å². The second kappa shape index (κ2) is 9.64. The van der Waals surface area contributed by atoms with E-state index in [-0.39, 0.29) is 18.4 Å². The third kappa shape index (κ3) is 6.13. The van der Waals surface area contributed by atoms with Crippen LogP contribution in [-0.2, 0) is 9.59 Å². The van der Waals surface area contributed by atoms with Crippen molar-refractivity contribution < 1.29 is 19.2 Å². The summed E-state index contributed by atoms with van der Waals surface area (Å²) in [5.41, 5.74) is 0. The van der Waals surface area contributed by atoms with Crippen molar-refractivity contribution in [3.05, 3.63) is 28.7 Å². The molecule has 1 aromatic rings. The number of nitrogens with zero attached hydrogens (tertiary/aromatic N) is 1. The Hall–Kier alpha value is -1.60. The van der Waals surface area contributed by atoms with Crippen LogP contribution in [0.25, 0.3) is 0 Å². The Morgan fingerprint density at radius 3 is 2.54 bits per heavy atom. The molecule has 0 atom stereocenters. The summed E-state index contributed by atoms with van der Waals surface area (Å²) in [4.78, 5) is 27.0. The van der Waals surface area contributed by atoms with Gasteiger partial charge < -0.3 is 19.9 Å². The van der Waals surface area contributed by atoms with Crippen molar-refractivity contribution in [2.24, 2.45) is 0 Å². The van der Waals surface area contributed by atoms with Gasteiger partial charge in [-0.3, -0.25) is 9.59 Å². The molecule has 2 N–H and O–H groups in total. The molecule has 1 fully saturated rings. The number of ether oxygens (including phenoxy) is 1. The molecule has 7 heteroatoms. The van der Waals surface area contributed by atoms with E-state index in [1.54, 1.807) is 0 Å². The van der Waals surface area contributed by atoms with Crippen LogP contribution in [0, 0.1) is 0 Å². The smallest absolute Gasteiger partial charge is 0.275 e. The number of carbonyl (C=O) groups excluding carboxylic acids is 2. The molecule has 1 aliphatic rings. The molecule has 0 bridgehead atoms. The van der Waals surface area contributed by atoms with E-state index in [9.17, 15) is 9.59 Å². The van der Waals surface area contributed by atoms with Gasteiger partial charge in [-0.2, -0.15) is 0 Å². The van der Waals surface area contributed by atoms with Gasteiger partial charge in [0.1, 0.15) is 5.75 Å². The van der Waals surface area contributed by atoms with Crippen LogP contribution in [0.15, 0.2) is 28.7 Å². The number of hydrogen-bond acceptors (Lipinski definition) is 3. The van der Waals surface area contributed by atoms with Gasteiger partial charge in [-0.1, -0.05) is 22.9 Å². The molecule has 0 aromatic heterocycles. The molecule has 2 rings (SSSR count). The zero-order chi connectivity index (χ0) is 17.4. The number of piperazine rings is 1. The second-order valence-electron chi connectivity index (χ2n) is 5.90. The summed E-state index contributed by atoms with van der Waals surface area (Å²) in [6.45, 7) is 6.22. The van der Waals surface area contributed by atoms with Gasteiger partial charge >= 0.3 is 0 Å². The topological polar surface area (TPSA) is 63.1 Å². The standard InChI is InChI=1S/C17H24BrN3O3/c1-2-7-19-16(22)12-20-8-10-21(11-9-20)17(23)13-24-15-5-3-14(18)4-6-15/h3-6H,2,7-13H2,1H3,(H,19,22)/p+1. The fraction of sp³-hybridized carbons (Fsp3) is 0.529. The first kappa shape index (κ1) is 18.7. The van der Waals surface area contributed by atoms with Crippen molar-refractivity contribution in [1.29, 1.82) is 0 Å². The van der Waals surface area contributed by atoms with Crippen LogP contribution >= 0.6 is 15.9 Å². The molecule has 1 aliphatic heterocycles. The Morgan fingerprint density at radius 1 is 1.25 bits per heavy atom. The van der Waals surface area contributed by atoms with E-state index >= 15 is 0 Å². The summed E-state index contributed by atoms with van der Waals surface area (Å²) in [7, 11) is 0. The molecule has 0 spiro atoms. The molecule has 1 saturated heterocycles. The summed E-state index contributed by atoms with van der Waals surface area (Å²) in [6.07, 6.45) is 0.946. The van der Waals surface area contributed by atoms with Crippen molar-refractivity contribution in [2.45, 2.75) is 13.3 Å². The molecule has 0 aliphatic carbocycles. The average molecular weight is 399 g/mol. The quantitative estimate of drug-likeness (QED) is 0.683. The highest BCUT2D eigenvalue weighted by Crippen LogP contribution is 2.16.